The molecule has 104 valence electrons. The zero-order valence-corrected chi connectivity index (χ0v) is 11.1. The minimum absolute atomic E-state index is 0.0198. The molecule has 1 amide bonds. The smallest absolute Gasteiger partial charge is 0.335 e. The molecule has 0 bridgehead atoms. The van der Waals surface area contributed by atoms with Crippen molar-refractivity contribution < 1.29 is 19.4 Å². The second-order valence-corrected chi connectivity index (χ2v) is 4.48. The number of benzene rings is 1. The summed E-state index contributed by atoms with van der Waals surface area (Å²) in [5, 5.41) is 11.5. The van der Waals surface area contributed by atoms with E-state index in [1.165, 1.54) is 25.3 Å². The van der Waals surface area contributed by atoms with Crippen LogP contribution in [0.1, 0.15) is 24.2 Å². The summed E-state index contributed by atoms with van der Waals surface area (Å²) in [6.07, 6.45) is 0. The molecule has 1 aromatic carbocycles. The predicted octanol–water partition coefficient (Wildman–Crippen LogP) is 1.32. The molecule has 0 aliphatic heterocycles. The lowest BCUT2D eigenvalue weighted by Gasteiger charge is -2.17. The van der Waals surface area contributed by atoms with Crippen LogP contribution < -0.4 is 15.8 Å². The van der Waals surface area contributed by atoms with Gasteiger partial charge in [0.25, 0.3) is 0 Å². The molecule has 0 saturated heterocycles. The maximum Gasteiger partial charge on any atom is 0.335 e. The zero-order chi connectivity index (χ0) is 14.6. The van der Waals surface area contributed by atoms with Gasteiger partial charge in [-0.05, 0) is 24.1 Å². The van der Waals surface area contributed by atoms with Crippen molar-refractivity contribution in [3.8, 4) is 5.75 Å². The van der Waals surface area contributed by atoms with Crippen molar-refractivity contribution in [2.75, 3.05) is 12.4 Å². The van der Waals surface area contributed by atoms with Gasteiger partial charge >= 0.3 is 5.97 Å². The van der Waals surface area contributed by atoms with Crippen LogP contribution in [-0.4, -0.2) is 30.1 Å². The molecule has 0 aliphatic carbocycles. The summed E-state index contributed by atoms with van der Waals surface area (Å²) < 4.78 is 5.07. The molecular weight excluding hydrogens is 248 g/mol. The van der Waals surface area contributed by atoms with Crippen LogP contribution in [0.25, 0.3) is 0 Å². The molecule has 0 radical (unpaired) electrons. The summed E-state index contributed by atoms with van der Waals surface area (Å²) >= 11 is 0. The average molecular weight is 266 g/mol. The van der Waals surface area contributed by atoms with E-state index >= 15 is 0 Å². The standard InChI is InChI=1S/C13H18N2O4/c1-7(2)11(14)12(16)15-9-6-8(13(17)18)4-5-10(9)19-3/h4-7,11H,14H2,1-3H3,(H,15,16)(H,17,18)/t11-/m0/s1. The molecular formula is C13H18N2O4. The molecule has 0 spiro atoms. The van der Waals surface area contributed by atoms with E-state index in [0.29, 0.717) is 11.4 Å². The predicted molar refractivity (Wildman–Crippen MR) is 71.4 cm³/mol. The Bertz CT molecular complexity index is 486. The Morgan fingerprint density at radius 1 is 1.37 bits per heavy atom. The van der Waals surface area contributed by atoms with Gasteiger partial charge in [-0.25, -0.2) is 4.79 Å². The van der Waals surface area contributed by atoms with Gasteiger partial charge in [0.2, 0.25) is 5.91 Å². The van der Waals surface area contributed by atoms with Crippen LogP contribution in [0.15, 0.2) is 18.2 Å². The average Bonchev–Trinajstić information content (AvgIpc) is 2.37. The van der Waals surface area contributed by atoms with Crippen molar-refractivity contribution in [1.29, 1.82) is 0 Å². The number of nitrogens with two attached hydrogens (primary N) is 1. The minimum Gasteiger partial charge on any atom is -0.495 e. The van der Waals surface area contributed by atoms with Crippen LogP contribution in [0.4, 0.5) is 5.69 Å². The summed E-state index contributed by atoms with van der Waals surface area (Å²) in [5.74, 6) is -1.09. The first-order valence-electron chi connectivity index (χ1n) is 5.84. The number of ether oxygens (including phenoxy) is 1. The number of carboxylic acid groups (broad SMARTS) is 1. The molecule has 4 N–H and O–H groups in total. The van der Waals surface area contributed by atoms with Gasteiger partial charge in [-0.1, -0.05) is 13.8 Å². The van der Waals surface area contributed by atoms with Crippen molar-refractivity contribution >= 4 is 17.6 Å². The van der Waals surface area contributed by atoms with Gasteiger partial charge < -0.3 is 20.9 Å². The fourth-order valence-electron chi connectivity index (χ4n) is 1.46. The van der Waals surface area contributed by atoms with Gasteiger partial charge in [-0.3, -0.25) is 4.79 Å². The Morgan fingerprint density at radius 3 is 2.47 bits per heavy atom. The van der Waals surface area contributed by atoms with E-state index in [9.17, 15) is 9.59 Å². The van der Waals surface area contributed by atoms with Gasteiger partial charge in [-0.2, -0.15) is 0 Å². The van der Waals surface area contributed by atoms with Gasteiger partial charge in [-0.15, -0.1) is 0 Å². The summed E-state index contributed by atoms with van der Waals surface area (Å²) in [7, 11) is 1.44. The van der Waals surface area contributed by atoms with E-state index in [4.69, 9.17) is 15.6 Å². The molecule has 6 nitrogen and oxygen atoms in total. The summed E-state index contributed by atoms with van der Waals surface area (Å²) in [5.41, 5.74) is 6.09. The highest BCUT2D eigenvalue weighted by Crippen LogP contribution is 2.25. The number of hydrogen-bond acceptors (Lipinski definition) is 4. The Morgan fingerprint density at radius 2 is 2.00 bits per heavy atom. The maximum absolute atomic E-state index is 11.9. The third-order valence-electron chi connectivity index (χ3n) is 2.73. The van der Waals surface area contributed by atoms with Gasteiger partial charge in [0.15, 0.2) is 0 Å². The Kier molecular flexibility index (Phi) is 4.88. The van der Waals surface area contributed by atoms with E-state index in [-0.39, 0.29) is 17.4 Å². The Balaban J connectivity index is 3.01. The third kappa shape index (κ3) is 3.69. The number of nitrogens with one attached hydrogen (secondary N) is 1. The summed E-state index contributed by atoms with van der Waals surface area (Å²) in [6.45, 7) is 3.66. The number of carbonyl (C=O) groups excluding carboxylic acids is 1. The van der Waals surface area contributed by atoms with Crippen LogP contribution >= 0.6 is 0 Å². The number of amides is 1. The van der Waals surface area contributed by atoms with E-state index in [1.807, 2.05) is 13.8 Å². The molecule has 0 unspecified atom stereocenters. The van der Waals surface area contributed by atoms with Gasteiger partial charge in [0, 0.05) is 0 Å². The van der Waals surface area contributed by atoms with E-state index in [2.05, 4.69) is 5.32 Å². The lowest BCUT2D eigenvalue weighted by molar-refractivity contribution is -0.118. The molecule has 1 atom stereocenters. The first kappa shape index (κ1) is 15.0. The lowest BCUT2D eigenvalue weighted by atomic mass is 10.0. The second kappa shape index (κ2) is 6.19. The SMILES string of the molecule is COc1ccc(C(=O)O)cc1NC(=O)[C@@H](N)C(C)C. The van der Waals surface area contributed by atoms with Crippen molar-refractivity contribution in [2.45, 2.75) is 19.9 Å². The first-order chi connectivity index (χ1) is 8.86. The number of anilines is 1. The number of methoxy groups -OCH3 is 1. The zero-order valence-electron chi connectivity index (χ0n) is 11.1. The summed E-state index contributed by atoms with van der Waals surface area (Å²) in [4.78, 5) is 22.8. The van der Waals surface area contributed by atoms with Crippen LogP contribution in [0, 0.1) is 5.92 Å². The molecule has 1 rings (SSSR count). The monoisotopic (exact) mass is 266 g/mol. The number of hydrogen-bond donors (Lipinski definition) is 3. The molecule has 0 saturated carbocycles. The van der Waals surface area contributed by atoms with E-state index in [0.717, 1.165) is 0 Å². The lowest BCUT2D eigenvalue weighted by Crippen LogP contribution is -2.39. The molecule has 6 heteroatoms. The fraction of sp³-hybridized carbons (Fsp3) is 0.385. The largest absolute Gasteiger partial charge is 0.495 e. The fourth-order valence-corrected chi connectivity index (χ4v) is 1.46. The normalized spacial score (nSPS) is 12.1. The molecule has 0 heterocycles. The van der Waals surface area contributed by atoms with Crippen molar-refractivity contribution in [3.63, 3.8) is 0 Å². The number of carbonyl (C=O) groups is 2. The quantitative estimate of drug-likeness (QED) is 0.746. The van der Waals surface area contributed by atoms with Crippen molar-refractivity contribution in [3.05, 3.63) is 23.8 Å². The van der Waals surface area contributed by atoms with Crippen LogP contribution in [0.3, 0.4) is 0 Å². The minimum atomic E-state index is -1.08. The van der Waals surface area contributed by atoms with Crippen LogP contribution in [0.2, 0.25) is 0 Å². The topological polar surface area (TPSA) is 102 Å². The molecule has 0 aromatic heterocycles. The second-order valence-electron chi connectivity index (χ2n) is 4.48. The number of carboxylic acids is 1. The molecule has 19 heavy (non-hydrogen) atoms. The highest BCUT2D eigenvalue weighted by atomic mass is 16.5. The Hall–Kier alpha value is -2.08. The third-order valence-corrected chi connectivity index (χ3v) is 2.73. The van der Waals surface area contributed by atoms with E-state index in [1.54, 1.807) is 0 Å². The molecule has 0 aliphatic rings. The highest BCUT2D eigenvalue weighted by molar-refractivity contribution is 5.98. The number of aromatic carboxylic acids is 1. The number of rotatable bonds is 5. The molecule has 0 fully saturated rings. The van der Waals surface area contributed by atoms with Crippen molar-refractivity contribution in [1.82, 2.24) is 0 Å². The highest BCUT2D eigenvalue weighted by Gasteiger charge is 2.19. The van der Waals surface area contributed by atoms with Gasteiger partial charge in [0.1, 0.15) is 5.75 Å². The first-order valence-corrected chi connectivity index (χ1v) is 5.84. The molecule has 1 aromatic rings. The van der Waals surface area contributed by atoms with E-state index < -0.39 is 12.0 Å². The van der Waals surface area contributed by atoms with Crippen LogP contribution in [0.5, 0.6) is 5.75 Å². The Labute approximate surface area is 111 Å². The van der Waals surface area contributed by atoms with Gasteiger partial charge in [0.05, 0.1) is 24.4 Å². The maximum atomic E-state index is 11.9. The van der Waals surface area contributed by atoms with Crippen LogP contribution in [-0.2, 0) is 4.79 Å². The summed E-state index contributed by atoms with van der Waals surface area (Å²) in [6, 6.07) is 3.56. The van der Waals surface area contributed by atoms with Crippen molar-refractivity contribution in [2.24, 2.45) is 11.7 Å².